The Labute approximate surface area is 109 Å². The van der Waals surface area contributed by atoms with Gasteiger partial charge in [0.15, 0.2) is 0 Å². The van der Waals surface area contributed by atoms with Crippen LogP contribution in [0.2, 0.25) is 0 Å². The molecule has 0 aromatic rings. The first kappa shape index (κ1) is 9.73. The first-order valence-corrected chi connectivity index (χ1v) is 7.37. The fourth-order valence-electron chi connectivity index (χ4n) is 2.65. The maximum atomic E-state index is 2.61. The zero-order chi connectivity index (χ0) is 8.06. The number of alkyl halides is 3. The average Bonchev–Trinajstić information content (AvgIpc) is 2.42. The van der Waals surface area contributed by atoms with Crippen molar-refractivity contribution in [3.63, 3.8) is 0 Å². The van der Waals surface area contributed by atoms with Crippen LogP contribution in [0.5, 0.6) is 0 Å². The van der Waals surface area contributed by atoms with E-state index in [9.17, 15) is 0 Å². The molecule has 3 atom stereocenters. The third-order valence-corrected chi connectivity index (χ3v) is 5.56. The summed E-state index contributed by atoms with van der Waals surface area (Å²) in [6, 6.07) is 0. The molecule has 3 heteroatoms. The average molecular weight is 488 g/mol. The van der Waals surface area contributed by atoms with E-state index in [0.717, 1.165) is 17.8 Å². The normalized spacial score (nSPS) is 43.4. The molecule has 0 spiro atoms. The largest absolute Gasteiger partial charge is 0.127 e. The van der Waals surface area contributed by atoms with Crippen LogP contribution in [0.3, 0.4) is 0 Å². The highest BCUT2D eigenvalue weighted by molar-refractivity contribution is 14.3. The molecule has 0 saturated heterocycles. The van der Waals surface area contributed by atoms with Gasteiger partial charge in [0.05, 0.1) is 0 Å². The summed E-state index contributed by atoms with van der Waals surface area (Å²) in [5.74, 6) is 3.18. The van der Waals surface area contributed by atoms with Crippen LogP contribution >= 0.6 is 67.8 Å². The predicted octanol–water partition coefficient (Wildman–Crippen LogP) is 4.38. The van der Waals surface area contributed by atoms with Crippen molar-refractivity contribution in [2.75, 3.05) is 0 Å². The number of fused-ring (bicyclic) bond motifs is 2. The lowest BCUT2D eigenvalue weighted by atomic mass is 9.91. The molecule has 2 bridgehead atoms. The van der Waals surface area contributed by atoms with Crippen molar-refractivity contribution in [3.05, 3.63) is 0 Å². The standard InChI is InChI=1S/C8H11I3/c9-8(10,11)7-4-5-1-2-6(7)3-5/h5-7H,1-4H2. The highest BCUT2D eigenvalue weighted by atomic mass is 127. The third-order valence-electron chi connectivity index (χ3n) is 3.16. The molecule has 0 nitrogen and oxygen atoms in total. The van der Waals surface area contributed by atoms with Crippen molar-refractivity contribution in [2.24, 2.45) is 17.8 Å². The van der Waals surface area contributed by atoms with E-state index >= 15 is 0 Å². The first-order chi connectivity index (χ1) is 5.07. The molecule has 2 fully saturated rings. The second kappa shape index (κ2) is 3.40. The van der Waals surface area contributed by atoms with Crippen molar-refractivity contribution in [2.45, 2.75) is 25.1 Å². The highest BCUT2D eigenvalue weighted by Crippen LogP contribution is 2.59. The summed E-state index contributed by atoms with van der Waals surface area (Å²) in [4.78, 5) is 0. The second-order valence-corrected chi connectivity index (χ2v) is 15.1. The summed E-state index contributed by atoms with van der Waals surface area (Å²) in [5.41, 5.74) is 0. The van der Waals surface area contributed by atoms with Gasteiger partial charge in [0.1, 0.15) is -0.565 Å². The molecule has 0 N–H and O–H groups in total. The van der Waals surface area contributed by atoms with E-state index in [1.807, 2.05) is 0 Å². The topological polar surface area (TPSA) is 0 Å². The number of hydrogen-bond acceptors (Lipinski definition) is 0. The molecule has 0 aromatic carbocycles. The minimum atomic E-state index is 0.493. The Hall–Kier alpha value is 2.19. The van der Waals surface area contributed by atoms with Crippen LogP contribution in [-0.4, -0.2) is -0.565 Å². The molecule has 0 radical (unpaired) electrons. The van der Waals surface area contributed by atoms with Crippen LogP contribution in [-0.2, 0) is 0 Å². The summed E-state index contributed by atoms with van der Waals surface area (Å²) >= 11 is 7.83. The lowest BCUT2D eigenvalue weighted by Crippen LogP contribution is -2.22. The lowest BCUT2D eigenvalue weighted by molar-refractivity contribution is 0.360. The van der Waals surface area contributed by atoms with E-state index in [1.54, 1.807) is 6.42 Å². The summed E-state index contributed by atoms with van der Waals surface area (Å²) in [7, 11) is 0. The molecule has 2 aliphatic rings. The maximum Gasteiger partial charge on any atom is 0.127 e. The van der Waals surface area contributed by atoms with Crippen molar-refractivity contribution in [3.8, 4) is 0 Å². The van der Waals surface area contributed by atoms with Gasteiger partial charge in [-0.3, -0.25) is 0 Å². The summed E-state index contributed by atoms with van der Waals surface area (Å²) in [6.45, 7) is 0. The van der Waals surface area contributed by atoms with Gasteiger partial charge in [0.25, 0.3) is 0 Å². The molecule has 2 rings (SSSR count). The Morgan fingerprint density at radius 2 is 1.73 bits per heavy atom. The SMILES string of the molecule is IC(I)(I)C1CC2CCC1C2. The first-order valence-electron chi connectivity index (χ1n) is 4.14. The molecule has 0 aliphatic heterocycles. The van der Waals surface area contributed by atoms with Crippen LogP contribution in [0, 0.1) is 17.8 Å². The van der Waals surface area contributed by atoms with Crippen molar-refractivity contribution < 1.29 is 0 Å². The predicted molar refractivity (Wildman–Crippen MR) is 73.7 cm³/mol. The van der Waals surface area contributed by atoms with Gasteiger partial charge in [-0.1, -0.05) is 74.2 Å². The van der Waals surface area contributed by atoms with E-state index in [0.29, 0.717) is -0.565 Å². The zero-order valence-corrected chi connectivity index (χ0v) is 12.7. The lowest BCUT2D eigenvalue weighted by Gasteiger charge is -2.29. The Morgan fingerprint density at radius 1 is 1.00 bits per heavy atom. The van der Waals surface area contributed by atoms with Gasteiger partial charge in [0, 0.05) is 0 Å². The van der Waals surface area contributed by atoms with Gasteiger partial charge in [-0.05, 0) is 37.0 Å². The van der Waals surface area contributed by atoms with Gasteiger partial charge in [0.2, 0.25) is 0 Å². The Bertz CT molecular complexity index is 161. The van der Waals surface area contributed by atoms with E-state index in [-0.39, 0.29) is 0 Å². The summed E-state index contributed by atoms with van der Waals surface area (Å²) < 4.78 is 0.493. The molecule has 0 amide bonds. The number of hydrogen-bond donors (Lipinski definition) is 0. The van der Waals surface area contributed by atoms with Crippen LogP contribution in [0.4, 0.5) is 0 Å². The highest BCUT2D eigenvalue weighted by Gasteiger charge is 2.47. The summed E-state index contributed by atoms with van der Waals surface area (Å²) in [5, 5.41) is 0. The van der Waals surface area contributed by atoms with Gasteiger partial charge in [-0.2, -0.15) is 0 Å². The number of halogens is 3. The molecule has 0 heterocycles. The van der Waals surface area contributed by atoms with Crippen LogP contribution < -0.4 is 0 Å². The van der Waals surface area contributed by atoms with Crippen LogP contribution in [0.1, 0.15) is 25.7 Å². The van der Waals surface area contributed by atoms with Crippen molar-refractivity contribution in [1.82, 2.24) is 0 Å². The van der Waals surface area contributed by atoms with Crippen molar-refractivity contribution in [1.29, 1.82) is 0 Å². The van der Waals surface area contributed by atoms with Gasteiger partial charge in [-0.25, -0.2) is 0 Å². The summed E-state index contributed by atoms with van der Waals surface area (Å²) in [6.07, 6.45) is 6.11. The van der Waals surface area contributed by atoms with Crippen LogP contribution in [0.25, 0.3) is 0 Å². The van der Waals surface area contributed by atoms with Crippen molar-refractivity contribution >= 4 is 67.8 Å². The molecule has 0 aromatic heterocycles. The Balaban J connectivity index is 2.08. The van der Waals surface area contributed by atoms with E-state index in [4.69, 9.17) is 0 Å². The molecule has 3 unspecified atom stereocenters. The molecule has 2 saturated carbocycles. The molecule has 64 valence electrons. The fourth-order valence-corrected chi connectivity index (χ4v) is 4.93. The van der Waals surface area contributed by atoms with E-state index < -0.39 is 0 Å². The minimum Gasteiger partial charge on any atom is -0.0551 e. The molecule has 2 aliphatic carbocycles. The quantitative estimate of drug-likeness (QED) is 0.380. The Kier molecular flexibility index (Phi) is 3.01. The molecular formula is C8H11I3. The van der Waals surface area contributed by atoms with Gasteiger partial charge < -0.3 is 0 Å². The smallest absolute Gasteiger partial charge is 0.0551 e. The van der Waals surface area contributed by atoms with Gasteiger partial charge in [-0.15, -0.1) is 0 Å². The monoisotopic (exact) mass is 488 g/mol. The van der Waals surface area contributed by atoms with Crippen LogP contribution in [0.15, 0.2) is 0 Å². The Morgan fingerprint density at radius 3 is 2.00 bits per heavy atom. The fraction of sp³-hybridized carbons (Fsp3) is 1.00. The molecule has 11 heavy (non-hydrogen) atoms. The van der Waals surface area contributed by atoms with E-state index in [1.165, 1.54) is 19.3 Å². The number of rotatable bonds is 1. The third kappa shape index (κ3) is 1.99. The minimum absolute atomic E-state index is 0.493. The second-order valence-electron chi connectivity index (χ2n) is 3.82. The molecular weight excluding hydrogens is 477 g/mol. The van der Waals surface area contributed by atoms with E-state index in [2.05, 4.69) is 67.8 Å². The van der Waals surface area contributed by atoms with Gasteiger partial charge >= 0.3 is 0 Å². The zero-order valence-electron chi connectivity index (χ0n) is 6.19. The maximum absolute atomic E-state index is 2.61.